The van der Waals surface area contributed by atoms with Crippen molar-refractivity contribution in [1.82, 2.24) is 4.57 Å². The van der Waals surface area contributed by atoms with Crippen molar-refractivity contribution in [1.29, 1.82) is 0 Å². The van der Waals surface area contributed by atoms with Crippen LogP contribution in [0, 0.1) is 6.92 Å². The fraction of sp³-hybridized carbons (Fsp3) is 0.296. The fourth-order valence-electron chi connectivity index (χ4n) is 4.04. The zero-order valence-electron chi connectivity index (χ0n) is 20.6. The van der Waals surface area contributed by atoms with Crippen molar-refractivity contribution in [3.8, 4) is 5.75 Å². The molecule has 0 fully saturated rings. The molecule has 0 spiro atoms. The molecule has 3 aromatic rings. The largest absolute Gasteiger partial charge is 0.496 e. The van der Waals surface area contributed by atoms with Gasteiger partial charge in [-0.05, 0) is 74.9 Å². The lowest BCUT2D eigenvalue weighted by Crippen LogP contribution is -2.40. The number of thiazole rings is 1. The second-order valence-electron chi connectivity index (χ2n) is 8.54. The highest BCUT2D eigenvalue weighted by atomic mass is 32.2. The molecule has 0 unspecified atom stereocenters. The number of fused-ring (bicyclic) bond motifs is 1. The van der Waals surface area contributed by atoms with Crippen molar-refractivity contribution in [3.63, 3.8) is 0 Å². The van der Waals surface area contributed by atoms with Crippen LogP contribution in [0.15, 0.2) is 68.4 Å². The van der Waals surface area contributed by atoms with Crippen molar-refractivity contribution >= 4 is 35.1 Å². The van der Waals surface area contributed by atoms with Crippen molar-refractivity contribution < 1.29 is 14.3 Å². The van der Waals surface area contributed by atoms with Gasteiger partial charge in [-0.15, -0.1) is 11.8 Å². The van der Waals surface area contributed by atoms with Gasteiger partial charge < -0.3 is 9.47 Å². The molecule has 0 N–H and O–H groups in total. The van der Waals surface area contributed by atoms with E-state index in [2.05, 4.69) is 4.99 Å². The third kappa shape index (κ3) is 4.99. The van der Waals surface area contributed by atoms with E-state index in [1.54, 1.807) is 44.2 Å². The summed E-state index contributed by atoms with van der Waals surface area (Å²) in [5.74, 6) is 0.297. The van der Waals surface area contributed by atoms with Crippen LogP contribution in [0.5, 0.6) is 5.75 Å². The van der Waals surface area contributed by atoms with Crippen molar-refractivity contribution in [2.24, 2.45) is 4.99 Å². The number of benzene rings is 2. The Balaban J connectivity index is 1.92. The first-order chi connectivity index (χ1) is 16.7. The Morgan fingerprint density at radius 1 is 1.17 bits per heavy atom. The van der Waals surface area contributed by atoms with Gasteiger partial charge in [-0.3, -0.25) is 9.36 Å². The quantitative estimate of drug-likeness (QED) is 0.368. The monoisotopic (exact) mass is 508 g/mol. The molecule has 0 saturated carbocycles. The van der Waals surface area contributed by atoms with E-state index in [1.165, 1.54) is 11.3 Å². The second-order valence-corrected chi connectivity index (χ2v) is 10.4. The Morgan fingerprint density at radius 3 is 2.51 bits per heavy atom. The summed E-state index contributed by atoms with van der Waals surface area (Å²) in [6.45, 7) is 7.38. The maximum Gasteiger partial charge on any atom is 0.338 e. The maximum atomic E-state index is 13.7. The summed E-state index contributed by atoms with van der Waals surface area (Å²) >= 11 is 2.94. The number of nitrogens with zero attached hydrogens (tertiary/aromatic N) is 2. The van der Waals surface area contributed by atoms with Gasteiger partial charge in [-0.2, -0.15) is 0 Å². The molecule has 8 heteroatoms. The Bertz CT molecular complexity index is 1480. The molecule has 1 aliphatic heterocycles. The highest BCUT2D eigenvalue weighted by Crippen LogP contribution is 2.32. The maximum absolute atomic E-state index is 13.7. The van der Waals surface area contributed by atoms with Crippen LogP contribution < -0.4 is 19.6 Å². The molecular formula is C27H28N2O4S2. The van der Waals surface area contributed by atoms with E-state index in [-0.39, 0.29) is 11.7 Å². The van der Waals surface area contributed by atoms with Crippen LogP contribution in [0.4, 0.5) is 0 Å². The number of carbonyl (C=O) groups excluding carboxylic acids is 1. The van der Waals surface area contributed by atoms with E-state index >= 15 is 0 Å². The predicted molar refractivity (Wildman–Crippen MR) is 141 cm³/mol. The van der Waals surface area contributed by atoms with Gasteiger partial charge in [-0.25, -0.2) is 9.79 Å². The lowest BCUT2D eigenvalue weighted by atomic mass is 9.96. The van der Waals surface area contributed by atoms with E-state index in [1.807, 2.05) is 61.7 Å². The van der Waals surface area contributed by atoms with Crippen LogP contribution >= 0.6 is 23.1 Å². The van der Waals surface area contributed by atoms with Gasteiger partial charge in [-0.1, -0.05) is 35.6 Å². The summed E-state index contributed by atoms with van der Waals surface area (Å²) in [7, 11) is 1.63. The number of hydrogen-bond donors (Lipinski definition) is 0. The molecule has 1 aromatic heterocycles. The first-order valence-corrected chi connectivity index (χ1v) is 13.3. The molecule has 2 aromatic carbocycles. The SMILES string of the molecule is COc1cc(/C=c2\sc3n(c2=O)[C@@H](c2ccc(SC)cc2)C(C(=O)OC(C)C)=C(C)N=3)ccc1C. The van der Waals surface area contributed by atoms with Crippen LogP contribution in [0.2, 0.25) is 0 Å². The standard InChI is InChI=1S/C27H28N2O4S2/c1-15(2)33-26(31)23-17(4)28-27-29(24(23)19-9-11-20(34-6)12-10-19)25(30)22(35-27)14-18-8-7-16(3)21(13-18)32-5/h7-15,24H,1-6H3/b22-14-/t24-/m0/s1. The molecule has 2 heterocycles. The summed E-state index contributed by atoms with van der Waals surface area (Å²) in [4.78, 5) is 33.2. The minimum atomic E-state index is -0.622. The summed E-state index contributed by atoms with van der Waals surface area (Å²) in [5.41, 5.74) is 3.44. The molecule has 0 bridgehead atoms. The molecule has 182 valence electrons. The number of rotatable bonds is 6. The first-order valence-electron chi connectivity index (χ1n) is 11.3. The summed E-state index contributed by atoms with van der Waals surface area (Å²) in [5, 5.41) is 0. The molecule has 0 radical (unpaired) electrons. The van der Waals surface area contributed by atoms with Crippen LogP contribution in [0.3, 0.4) is 0 Å². The number of thioether (sulfide) groups is 1. The molecule has 4 rings (SSSR count). The Morgan fingerprint density at radius 2 is 1.89 bits per heavy atom. The van der Waals surface area contributed by atoms with Gasteiger partial charge >= 0.3 is 5.97 Å². The van der Waals surface area contributed by atoms with E-state index < -0.39 is 12.0 Å². The lowest BCUT2D eigenvalue weighted by molar-refractivity contribution is -0.143. The Labute approximate surface area is 212 Å². The summed E-state index contributed by atoms with van der Waals surface area (Å²) < 4.78 is 13.1. The molecule has 1 atom stereocenters. The normalized spacial score (nSPS) is 15.7. The molecule has 0 saturated heterocycles. The van der Waals surface area contributed by atoms with Crippen LogP contribution in [-0.2, 0) is 9.53 Å². The third-order valence-electron chi connectivity index (χ3n) is 5.75. The number of methoxy groups -OCH3 is 1. The third-order valence-corrected chi connectivity index (χ3v) is 7.47. The van der Waals surface area contributed by atoms with Crippen molar-refractivity contribution in [2.75, 3.05) is 13.4 Å². The van der Waals surface area contributed by atoms with E-state index in [0.717, 1.165) is 27.3 Å². The second kappa shape index (κ2) is 10.3. The van der Waals surface area contributed by atoms with Gasteiger partial charge in [0, 0.05) is 4.90 Å². The number of carbonyl (C=O) groups is 1. The van der Waals surface area contributed by atoms with Gasteiger partial charge in [0.1, 0.15) is 5.75 Å². The van der Waals surface area contributed by atoms with Crippen LogP contribution in [0.1, 0.15) is 43.5 Å². The summed E-state index contributed by atoms with van der Waals surface area (Å²) in [6.07, 6.45) is 3.56. The average molecular weight is 509 g/mol. The number of aromatic nitrogens is 1. The number of aryl methyl sites for hydroxylation is 1. The molecule has 1 aliphatic rings. The lowest BCUT2D eigenvalue weighted by Gasteiger charge is -2.25. The zero-order chi connectivity index (χ0) is 25.3. The minimum absolute atomic E-state index is 0.199. The van der Waals surface area contributed by atoms with Gasteiger partial charge in [0.05, 0.1) is 35.1 Å². The molecule has 0 aliphatic carbocycles. The van der Waals surface area contributed by atoms with Gasteiger partial charge in [0.15, 0.2) is 4.80 Å². The molecule has 35 heavy (non-hydrogen) atoms. The average Bonchev–Trinajstić information content (AvgIpc) is 3.13. The summed E-state index contributed by atoms with van der Waals surface area (Å²) in [6, 6.07) is 13.1. The number of hydrogen-bond acceptors (Lipinski definition) is 7. The number of esters is 1. The highest BCUT2D eigenvalue weighted by Gasteiger charge is 2.33. The molecule has 0 amide bonds. The highest BCUT2D eigenvalue weighted by molar-refractivity contribution is 7.98. The van der Waals surface area contributed by atoms with E-state index in [0.29, 0.717) is 20.6 Å². The van der Waals surface area contributed by atoms with E-state index in [4.69, 9.17) is 9.47 Å². The number of allylic oxidation sites excluding steroid dienone is 1. The molecular weight excluding hydrogens is 480 g/mol. The van der Waals surface area contributed by atoms with Gasteiger partial charge in [0.2, 0.25) is 0 Å². The number of ether oxygens (including phenoxy) is 2. The van der Waals surface area contributed by atoms with Gasteiger partial charge in [0.25, 0.3) is 5.56 Å². The Hall–Kier alpha value is -3.10. The first kappa shape index (κ1) is 25.0. The van der Waals surface area contributed by atoms with Crippen LogP contribution in [-0.4, -0.2) is 30.0 Å². The van der Waals surface area contributed by atoms with Crippen molar-refractivity contribution in [2.45, 2.75) is 44.7 Å². The smallest absolute Gasteiger partial charge is 0.338 e. The molecule has 6 nitrogen and oxygen atoms in total. The van der Waals surface area contributed by atoms with Crippen molar-refractivity contribution in [3.05, 3.63) is 90.1 Å². The topological polar surface area (TPSA) is 69.9 Å². The predicted octanol–water partition coefficient (Wildman–Crippen LogP) is 4.23. The fourth-order valence-corrected chi connectivity index (χ4v) is 5.49. The zero-order valence-corrected chi connectivity index (χ0v) is 22.3. The minimum Gasteiger partial charge on any atom is -0.496 e. The van der Waals surface area contributed by atoms with Crippen LogP contribution in [0.25, 0.3) is 6.08 Å². The Kier molecular flexibility index (Phi) is 7.33. The van der Waals surface area contributed by atoms with E-state index in [9.17, 15) is 9.59 Å².